The van der Waals surface area contributed by atoms with E-state index in [1.807, 2.05) is 6.92 Å². The first-order valence-corrected chi connectivity index (χ1v) is 7.00. The summed E-state index contributed by atoms with van der Waals surface area (Å²) in [5.41, 5.74) is 5.57. The number of hydrogen-bond acceptors (Lipinski definition) is 4. The van der Waals surface area contributed by atoms with Crippen LogP contribution in [0.5, 0.6) is 0 Å². The van der Waals surface area contributed by atoms with Crippen LogP contribution >= 0.6 is 12.4 Å². The molecule has 1 saturated heterocycles. The lowest BCUT2D eigenvalue weighted by atomic mass is 9.90. The van der Waals surface area contributed by atoms with Gasteiger partial charge in [-0.3, -0.25) is 0 Å². The number of aryl methyl sites for hydroxylation is 1. The Labute approximate surface area is 114 Å². The zero-order chi connectivity index (χ0) is 12.7. The standard InChI is InChI=1S/C10H18N4O2S.ClH/c1-10(6-11)3-4-14(7-10)17(15,16)9-5-13(2)8-12-9;/h5,8H,3-4,6-7,11H2,1-2H3;1H. The van der Waals surface area contributed by atoms with E-state index in [9.17, 15) is 8.42 Å². The number of hydrogen-bond donors (Lipinski definition) is 1. The SMILES string of the molecule is Cl.Cn1cnc(S(=O)(=O)N2CCC(C)(CN)C2)c1. The Kier molecular flexibility index (Phi) is 4.42. The normalized spacial score (nSPS) is 25.1. The predicted octanol–water partition coefficient (Wildman–Crippen LogP) is 0.201. The fourth-order valence-corrected chi connectivity index (χ4v) is 3.56. The molecular weight excluding hydrogens is 276 g/mol. The molecule has 1 unspecified atom stereocenters. The third-order valence-electron chi connectivity index (χ3n) is 3.30. The minimum Gasteiger partial charge on any atom is -0.339 e. The van der Waals surface area contributed by atoms with Crippen molar-refractivity contribution in [3.8, 4) is 0 Å². The van der Waals surface area contributed by atoms with Crippen LogP contribution < -0.4 is 5.73 Å². The maximum atomic E-state index is 12.3. The highest BCUT2D eigenvalue weighted by Gasteiger charge is 2.39. The van der Waals surface area contributed by atoms with Gasteiger partial charge in [-0.1, -0.05) is 6.92 Å². The molecule has 0 spiro atoms. The smallest absolute Gasteiger partial charge is 0.262 e. The van der Waals surface area contributed by atoms with Crippen molar-refractivity contribution in [3.63, 3.8) is 0 Å². The first kappa shape index (κ1) is 15.4. The second kappa shape index (κ2) is 5.16. The molecule has 1 fully saturated rings. The van der Waals surface area contributed by atoms with E-state index >= 15 is 0 Å². The number of aromatic nitrogens is 2. The van der Waals surface area contributed by atoms with Gasteiger partial charge in [0, 0.05) is 26.3 Å². The van der Waals surface area contributed by atoms with Gasteiger partial charge >= 0.3 is 0 Å². The van der Waals surface area contributed by atoms with Crippen LogP contribution in [0.2, 0.25) is 0 Å². The molecule has 6 nitrogen and oxygen atoms in total. The van der Waals surface area contributed by atoms with E-state index < -0.39 is 10.0 Å². The molecule has 1 aliphatic heterocycles. The number of rotatable bonds is 3. The Hall–Kier alpha value is -0.630. The van der Waals surface area contributed by atoms with Gasteiger partial charge in [0.2, 0.25) is 0 Å². The zero-order valence-corrected chi connectivity index (χ0v) is 12.2. The lowest BCUT2D eigenvalue weighted by molar-refractivity contribution is 0.349. The maximum Gasteiger partial charge on any atom is 0.262 e. The number of halogens is 1. The van der Waals surface area contributed by atoms with E-state index in [-0.39, 0.29) is 22.8 Å². The second-order valence-electron chi connectivity index (χ2n) is 4.98. The average Bonchev–Trinajstić information content (AvgIpc) is 2.86. The highest BCUT2D eigenvalue weighted by molar-refractivity contribution is 7.89. The molecule has 1 aromatic heterocycles. The highest BCUT2D eigenvalue weighted by Crippen LogP contribution is 2.31. The van der Waals surface area contributed by atoms with E-state index in [4.69, 9.17) is 5.73 Å². The molecule has 8 heteroatoms. The molecule has 0 bridgehead atoms. The van der Waals surface area contributed by atoms with Crippen LogP contribution in [0.4, 0.5) is 0 Å². The van der Waals surface area contributed by atoms with Gasteiger partial charge in [-0.15, -0.1) is 12.4 Å². The third-order valence-corrected chi connectivity index (χ3v) is 5.03. The van der Waals surface area contributed by atoms with Crippen LogP contribution in [-0.2, 0) is 17.1 Å². The molecule has 2 heterocycles. The van der Waals surface area contributed by atoms with E-state index in [1.54, 1.807) is 11.6 Å². The molecule has 0 aromatic carbocycles. The first-order valence-electron chi connectivity index (χ1n) is 5.56. The molecule has 2 rings (SSSR count). The molecule has 1 aliphatic rings. The Morgan fingerprint density at radius 3 is 2.67 bits per heavy atom. The summed E-state index contributed by atoms with van der Waals surface area (Å²) in [6.45, 7) is 3.51. The fourth-order valence-electron chi connectivity index (χ4n) is 2.00. The quantitative estimate of drug-likeness (QED) is 0.863. The van der Waals surface area contributed by atoms with E-state index in [2.05, 4.69) is 4.98 Å². The van der Waals surface area contributed by atoms with Crippen LogP contribution in [0.1, 0.15) is 13.3 Å². The number of imidazole rings is 1. The molecule has 2 N–H and O–H groups in total. The minimum atomic E-state index is -3.45. The van der Waals surface area contributed by atoms with Crippen LogP contribution in [0.3, 0.4) is 0 Å². The zero-order valence-electron chi connectivity index (χ0n) is 10.5. The fraction of sp³-hybridized carbons (Fsp3) is 0.700. The molecule has 0 radical (unpaired) electrons. The summed E-state index contributed by atoms with van der Waals surface area (Å²) < 4.78 is 27.6. The topological polar surface area (TPSA) is 81.2 Å². The summed E-state index contributed by atoms with van der Waals surface area (Å²) in [5, 5.41) is 0.112. The van der Waals surface area contributed by atoms with Gasteiger partial charge in [0.05, 0.1) is 6.33 Å². The van der Waals surface area contributed by atoms with Gasteiger partial charge in [-0.2, -0.15) is 4.31 Å². The summed E-state index contributed by atoms with van der Waals surface area (Å²) >= 11 is 0. The van der Waals surface area contributed by atoms with Crippen LogP contribution in [0.15, 0.2) is 17.6 Å². The van der Waals surface area contributed by atoms with Crippen molar-refractivity contribution in [2.24, 2.45) is 18.2 Å². The summed E-state index contributed by atoms with van der Waals surface area (Å²) in [7, 11) is -1.70. The van der Waals surface area contributed by atoms with Gasteiger partial charge in [0.1, 0.15) is 0 Å². The van der Waals surface area contributed by atoms with Gasteiger partial charge < -0.3 is 10.3 Å². The Morgan fingerprint density at radius 2 is 2.22 bits per heavy atom. The van der Waals surface area contributed by atoms with Crippen molar-refractivity contribution in [1.29, 1.82) is 0 Å². The number of nitrogens with zero attached hydrogens (tertiary/aromatic N) is 3. The van der Waals surface area contributed by atoms with Crippen molar-refractivity contribution >= 4 is 22.4 Å². The van der Waals surface area contributed by atoms with E-state index in [0.717, 1.165) is 6.42 Å². The molecule has 18 heavy (non-hydrogen) atoms. The van der Waals surface area contributed by atoms with Gasteiger partial charge in [-0.05, 0) is 18.4 Å². The summed E-state index contributed by atoms with van der Waals surface area (Å²) in [5.74, 6) is 0. The molecule has 0 amide bonds. The number of nitrogens with two attached hydrogens (primary N) is 1. The molecule has 1 aromatic rings. The van der Waals surface area contributed by atoms with Crippen molar-refractivity contribution in [1.82, 2.24) is 13.9 Å². The van der Waals surface area contributed by atoms with Crippen molar-refractivity contribution in [3.05, 3.63) is 12.5 Å². The lowest BCUT2D eigenvalue weighted by Gasteiger charge is -2.21. The van der Waals surface area contributed by atoms with Gasteiger partial charge in [-0.25, -0.2) is 13.4 Å². The monoisotopic (exact) mass is 294 g/mol. The molecule has 0 saturated carbocycles. The maximum absolute atomic E-state index is 12.3. The average molecular weight is 295 g/mol. The first-order chi connectivity index (χ1) is 7.87. The Morgan fingerprint density at radius 1 is 1.56 bits per heavy atom. The Balaban J connectivity index is 0.00000162. The van der Waals surface area contributed by atoms with Crippen LogP contribution in [-0.4, -0.2) is 41.9 Å². The van der Waals surface area contributed by atoms with Crippen molar-refractivity contribution in [2.75, 3.05) is 19.6 Å². The lowest BCUT2D eigenvalue weighted by Crippen LogP contribution is -2.34. The van der Waals surface area contributed by atoms with Crippen molar-refractivity contribution in [2.45, 2.75) is 18.4 Å². The summed E-state index contributed by atoms with van der Waals surface area (Å²) in [4.78, 5) is 3.91. The molecule has 1 atom stereocenters. The summed E-state index contributed by atoms with van der Waals surface area (Å²) in [6.07, 6.45) is 3.81. The molecular formula is C10H19ClN4O2S. The van der Waals surface area contributed by atoms with Crippen LogP contribution in [0.25, 0.3) is 0 Å². The predicted molar refractivity (Wildman–Crippen MR) is 71.0 cm³/mol. The molecule has 104 valence electrons. The number of sulfonamides is 1. The largest absolute Gasteiger partial charge is 0.339 e. The van der Waals surface area contributed by atoms with Crippen molar-refractivity contribution < 1.29 is 8.42 Å². The van der Waals surface area contributed by atoms with E-state index in [1.165, 1.54) is 16.8 Å². The van der Waals surface area contributed by atoms with E-state index in [0.29, 0.717) is 19.6 Å². The Bertz CT molecular complexity index is 516. The third kappa shape index (κ3) is 2.69. The van der Waals surface area contributed by atoms with Gasteiger partial charge in [0.25, 0.3) is 10.0 Å². The second-order valence-corrected chi connectivity index (χ2v) is 6.87. The van der Waals surface area contributed by atoms with Crippen LogP contribution in [0, 0.1) is 5.41 Å². The molecule has 0 aliphatic carbocycles. The minimum absolute atomic E-state index is 0. The van der Waals surface area contributed by atoms with Gasteiger partial charge in [0.15, 0.2) is 5.03 Å². The highest BCUT2D eigenvalue weighted by atomic mass is 35.5. The summed E-state index contributed by atoms with van der Waals surface area (Å²) in [6, 6.07) is 0.